The zero-order valence-electron chi connectivity index (χ0n) is 11.0. The van der Waals surface area contributed by atoms with Crippen LogP contribution in [0.15, 0.2) is 0 Å². The number of halogens is 1. The van der Waals surface area contributed by atoms with Crippen LogP contribution in [0.25, 0.3) is 0 Å². The Bertz CT molecular complexity index is 197. The van der Waals surface area contributed by atoms with E-state index in [0.717, 1.165) is 12.8 Å². The fourth-order valence-electron chi connectivity index (χ4n) is 1.73. The highest BCUT2D eigenvalue weighted by Crippen LogP contribution is 2.15. The molecule has 0 spiro atoms. The Balaban J connectivity index is 3.44. The topological polar surface area (TPSA) is 46.5 Å². The molecule has 0 heterocycles. The maximum Gasteiger partial charge on any atom is 0.322 e. The largest absolute Gasteiger partial charge is 0.468 e. The first kappa shape index (κ1) is 16.9. The number of carbonyl (C=O) groups excluding carboxylic acids is 1. The highest BCUT2D eigenvalue weighted by Gasteiger charge is 2.23. The first-order valence-corrected chi connectivity index (χ1v) is 7.45. The van der Waals surface area contributed by atoms with Gasteiger partial charge in [0.15, 0.2) is 0 Å². The lowest BCUT2D eigenvalue weighted by atomic mass is 10.0. The van der Waals surface area contributed by atoms with Crippen LogP contribution in [0.4, 0.5) is 0 Å². The Morgan fingerprint density at radius 1 is 1.18 bits per heavy atom. The third-order valence-electron chi connectivity index (χ3n) is 2.87. The minimum Gasteiger partial charge on any atom is -0.468 e. The SMILES string of the molecule is CCCCCCCCC[C@H](O)[C@H](Br)C(=O)OC. The van der Waals surface area contributed by atoms with Gasteiger partial charge in [-0.2, -0.15) is 0 Å². The Labute approximate surface area is 113 Å². The standard InChI is InChI=1S/C13H25BrO3/c1-3-4-5-6-7-8-9-10-11(15)12(14)13(16)17-2/h11-12,15H,3-10H2,1-2H3/t11-,12-/m0/s1. The second-order valence-electron chi connectivity index (χ2n) is 4.40. The van der Waals surface area contributed by atoms with Gasteiger partial charge in [0.05, 0.1) is 13.2 Å². The van der Waals surface area contributed by atoms with Gasteiger partial charge < -0.3 is 9.84 Å². The van der Waals surface area contributed by atoms with Crippen molar-refractivity contribution in [3.8, 4) is 0 Å². The van der Waals surface area contributed by atoms with Gasteiger partial charge in [-0.3, -0.25) is 4.79 Å². The molecular formula is C13H25BrO3. The average Bonchev–Trinajstić information content (AvgIpc) is 2.35. The molecule has 1 N–H and O–H groups in total. The summed E-state index contributed by atoms with van der Waals surface area (Å²) >= 11 is 3.15. The summed E-state index contributed by atoms with van der Waals surface area (Å²) in [6, 6.07) is 0. The van der Waals surface area contributed by atoms with E-state index in [-0.39, 0.29) is 0 Å². The maximum absolute atomic E-state index is 11.1. The van der Waals surface area contributed by atoms with Crippen molar-refractivity contribution in [3.05, 3.63) is 0 Å². The molecule has 0 saturated heterocycles. The molecule has 102 valence electrons. The summed E-state index contributed by atoms with van der Waals surface area (Å²) in [4.78, 5) is 10.5. The van der Waals surface area contributed by atoms with Gasteiger partial charge in [-0.15, -0.1) is 0 Å². The van der Waals surface area contributed by atoms with E-state index < -0.39 is 16.9 Å². The van der Waals surface area contributed by atoms with Crippen LogP contribution in [0.3, 0.4) is 0 Å². The predicted molar refractivity (Wildman–Crippen MR) is 73.3 cm³/mol. The van der Waals surface area contributed by atoms with Gasteiger partial charge in [0.25, 0.3) is 0 Å². The molecular weight excluding hydrogens is 284 g/mol. The van der Waals surface area contributed by atoms with Crippen molar-refractivity contribution in [1.29, 1.82) is 0 Å². The number of rotatable bonds is 10. The summed E-state index contributed by atoms with van der Waals surface area (Å²) in [6.45, 7) is 2.21. The molecule has 0 bridgehead atoms. The molecule has 0 aromatic rings. The van der Waals surface area contributed by atoms with E-state index >= 15 is 0 Å². The number of unbranched alkanes of at least 4 members (excludes halogenated alkanes) is 6. The van der Waals surface area contributed by atoms with Crippen LogP contribution in [-0.4, -0.2) is 29.1 Å². The Kier molecular flexibility index (Phi) is 11.0. The summed E-state index contributed by atoms with van der Waals surface area (Å²) in [5.41, 5.74) is 0. The van der Waals surface area contributed by atoms with Crippen LogP contribution in [0.5, 0.6) is 0 Å². The van der Waals surface area contributed by atoms with E-state index in [1.165, 1.54) is 39.2 Å². The number of aliphatic hydroxyl groups is 1. The van der Waals surface area contributed by atoms with Gasteiger partial charge in [-0.1, -0.05) is 67.8 Å². The molecule has 0 radical (unpaired) electrons. The minimum atomic E-state index is -0.641. The molecule has 0 rings (SSSR count). The fraction of sp³-hybridized carbons (Fsp3) is 0.923. The molecule has 0 aliphatic rings. The Hall–Kier alpha value is -0.0900. The molecule has 0 aliphatic heterocycles. The molecule has 0 saturated carbocycles. The van der Waals surface area contributed by atoms with Crippen molar-refractivity contribution in [2.45, 2.75) is 69.2 Å². The zero-order valence-corrected chi connectivity index (χ0v) is 12.5. The molecule has 3 nitrogen and oxygen atoms in total. The van der Waals surface area contributed by atoms with E-state index in [1.54, 1.807) is 0 Å². The van der Waals surface area contributed by atoms with Crippen LogP contribution in [0, 0.1) is 0 Å². The average molecular weight is 309 g/mol. The van der Waals surface area contributed by atoms with Crippen molar-refractivity contribution >= 4 is 21.9 Å². The van der Waals surface area contributed by atoms with Crippen LogP contribution in [-0.2, 0) is 9.53 Å². The summed E-state index contributed by atoms with van der Waals surface area (Å²) in [7, 11) is 1.33. The lowest BCUT2D eigenvalue weighted by Gasteiger charge is -2.14. The van der Waals surface area contributed by atoms with E-state index in [4.69, 9.17) is 0 Å². The lowest BCUT2D eigenvalue weighted by molar-refractivity contribution is -0.141. The van der Waals surface area contributed by atoms with Gasteiger partial charge in [-0.05, 0) is 6.42 Å². The fourth-order valence-corrected chi connectivity index (χ4v) is 2.18. The Morgan fingerprint density at radius 3 is 2.24 bits per heavy atom. The second-order valence-corrected chi connectivity index (χ2v) is 5.39. The normalized spacial score (nSPS) is 14.4. The molecule has 0 aromatic carbocycles. The van der Waals surface area contributed by atoms with Crippen molar-refractivity contribution in [2.75, 3.05) is 7.11 Å². The summed E-state index contributed by atoms with van der Waals surface area (Å²) < 4.78 is 4.56. The van der Waals surface area contributed by atoms with E-state index in [2.05, 4.69) is 27.6 Å². The number of ether oxygens (including phenoxy) is 1. The molecule has 2 atom stereocenters. The third kappa shape index (κ3) is 8.61. The molecule has 0 amide bonds. The molecule has 17 heavy (non-hydrogen) atoms. The number of carbonyl (C=O) groups is 1. The predicted octanol–water partition coefficient (Wildman–Crippen LogP) is 3.42. The first-order valence-electron chi connectivity index (χ1n) is 6.53. The van der Waals surface area contributed by atoms with Gasteiger partial charge in [0.2, 0.25) is 0 Å². The van der Waals surface area contributed by atoms with Crippen LogP contribution >= 0.6 is 15.9 Å². The minimum absolute atomic E-state index is 0.402. The number of alkyl halides is 1. The third-order valence-corrected chi connectivity index (χ3v) is 3.85. The van der Waals surface area contributed by atoms with Crippen molar-refractivity contribution in [2.24, 2.45) is 0 Å². The van der Waals surface area contributed by atoms with Crippen LogP contribution in [0.1, 0.15) is 58.3 Å². The molecule has 0 aromatic heterocycles. The van der Waals surface area contributed by atoms with Crippen molar-refractivity contribution < 1.29 is 14.6 Å². The zero-order chi connectivity index (χ0) is 13.1. The lowest BCUT2D eigenvalue weighted by Crippen LogP contribution is -2.29. The number of hydrogen-bond donors (Lipinski definition) is 1. The van der Waals surface area contributed by atoms with Gasteiger partial charge in [0.1, 0.15) is 4.83 Å². The number of esters is 1. The van der Waals surface area contributed by atoms with Gasteiger partial charge in [0, 0.05) is 0 Å². The smallest absolute Gasteiger partial charge is 0.322 e. The van der Waals surface area contributed by atoms with E-state index in [0.29, 0.717) is 6.42 Å². The number of hydrogen-bond acceptors (Lipinski definition) is 3. The van der Waals surface area contributed by atoms with Crippen LogP contribution in [0.2, 0.25) is 0 Å². The molecule has 0 unspecified atom stereocenters. The first-order chi connectivity index (χ1) is 8.13. The monoisotopic (exact) mass is 308 g/mol. The van der Waals surface area contributed by atoms with E-state index in [9.17, 15) is 9.90 Å². The quantitative estimate of drug-likeness (QED) is 0.382. The summed E-state index contributed by atoms with van der Waals surface area (Å²) in [6.07, 6.45) is 8.49. The highest BCUT2D eigenvalue weighted by molar-refractivity contribution is 9.10. The highest BCUT2D eigenvalue weighted by atomic mass is 79.9. The maximum atomic E-state index is 11.1. The molecule has 4 heteroatoms. The molecule has 0 fully saturated rings. The second kappa shape index (κ2) is 11.0. The number of methoxy groups -OCH3 is 1. The van der Waals surface area contributed by atoms with Crippen molar-refractivity contribution in [3.63, 3.8) is 0 Å². The van der Waals surface area contributed by atoms with Gasteiger partial charge >= 0.3 is 5.97 Å². The van der Waals surface area contributed by atoms with Gasteiger partial charge in [-0.25, -0.2) is 0 Å². The van der Waals surface area contributed by atoms with Crippen LogP contribution < -0.4 is 0 Å². The summed E-state index contributed by atoms with van der Waals surface area (Å²) in [5, 5.41) is 9.71. The van der Waals surface area contributed by atoms with E-state index in [1.807, 2.05) is 0 Å². The Morgan fingerprint density at radius 2 is 1.71 bits per heavy atom. The molecule has 0 aliphatic carbocycles. The number of aliphatic hydroxyl groups excluding tert-OH is 1. The summed E-state index contributed by atoms with van der Waals surface area (Å²) in [5.74, 6) is -0.402. The van der Waals surface area contributed by atoms with Crippen molar-refractivity contribution in [1.82, 2.24) is 0 Å².